The standard InChI is InChI=1S/C50H33N5O/c1-29-11-9-12-32(23-29)54-44-25-30(2)24-38(49(44)53-50(54)37-16-10-15-36-33-13-3-5-17-41(33)52-48(36)37)31-20-21-34-39-27-40-35-14-4-6-18-45(35)56-46(40)28-43(39)55(42(34)26-31)47-19-7-8-22-51-47/h3-28,52H,1-2H3. The second kappa shape index (κ2) is 11.5. The highest BCUT2D eigenvalue weighted by Gasteiger charge is 2.23. The first kappa shape index (κ1) is 31.0. The first-order chi connectivity index (χ1) is 27.6. The van der Waals surface area contributed by atoms with Crippen LogP contribution in [0.4, 0.5) is 0 Å². The number of hydrogen-bond donors (Lipinski definition) is 1. The molecule has 264 valence electrons. The lowest BCUT2D eigenvalue weighted by Gasteiger charge is -2.12. The van der Waals surface area contributed by atoms with E-state index in [1.807, 2.05) is 30.5 Å². The zero-order valence-electron chi connectivity index (χ0n) is 30.7. The van der Waals surface area contributed by atoms with E-state index < -0.39 is 0 Å². The van der Waals surface area contributed by atoms with Crippen molar-refractivity contribution < 1.29 is 4.42 Å². The van der Waals surface area contributed by atoms with Crippen molar-refractivity contribution in [1.82, 2.24) is 24.1 Å². The van der Waals surface area contributed by atoms with Gasteiger partial charge in [-0.1, -0.05) is 78.9 Å². The van der Waals surface area contributed by atoms with E-state index >= 15 is 0 Å². The fourth-order valence-electron chi connectivity index (χ4n) is 8.94. The molecule has 0 saturated heterocycles. The van der Waals surface area contributed by atoms with Crippen molar-refractivity contribution in [3.63, 3.8) is 0 Å². The largest absolute Gasteiger partial charge is 0.456 e. The maximum absolute atomic E-state index is 6.39. The maximum atomic E-state index is 6.39. The Labute approximate surface area is 320 Å². The van der Waals surface area contributed by atoms with E-state index in [4.69, 9.17) is 14.4 Å². The van der Waals surface area contributed by atoms with Gasteiger partial charge in [-0.05, 0) is 97.3 Å². The molecule has 0 aliphatic rings. The number of aryl methyl sites for hydroxylation is 2. The van der Waals surface area contributed by atoms with Gasteiger partial charge in [-0.15, -0.1) is 0 Å². The highest BCUT2D eigenvalue weighted by molar-refractivity contribution is 6.18. The Morgan fingerprint density at radius 1 is 0.518 bits per heavy atom. The van der Waals surface area contributed by atoms with Gasteiger partial charge in [0, 0.05) is 66.9 Å². The van der Waals surface area contributed by atoms with Crippen LogP contribution in [0.2, 0.25) is 0 Å². The Kier molecular flexibility index (Phi) is 6.38. The fourth-order valence-corrected chi connectivity index (χ4v) is 8.94. The van der Waals surface area contributed by atoms with Gasteiger partial charge in [0.15, 0.2) is 0 Å². The molecule has 0 fully saturated rings. The summed E-state index contributed by atoms with van der Waals surface area (Å²) in [5.41, 5.74) is 14.7. The minimum absolute atomic E-state index is 0.854. The van der Waals surface area contributed by atoms with Crippen LogP contribution < -0.4 is 0 Å². The molecule has 0 bridgehead atoms. The number of aromatic nitrogens is 5. The Morgan fingerprint density at radius 2 is 1.34 bits per heavy atom. The van der Waals surface area contributed by atoms with Crippen molar-refractivity contribution in [2.24, 2.45) is 0 Å². The number of para-hydroxylation sites is 3. The molecule has 0 unspecified atom stereocenters. The van der Waals surface area contributed by atoms with E-state index in [1.165, 1.54) is 16.3 Å². The van der Waals surface area contributed by atoms with Gasteiger partial charge in [0.25, 0.3) is 0 Å². The number of furan rings is 1. The smallest absolute Gasteiger partial charge is 0.147 e. The normalized spacial score (nSPS) is 12.1. The van der Waals surface area contributed by atoms with Gasteiger partial charge in [0.2, 0.25) is 0 Å². The second-order valence-electron chi connectivity index (χ2n) is 14.9. The Balaban J connectivity index is 1.15. The van der Waals surface area contributed by atoms with Crippen LogP contribution in [0.3, 0.4) is 0 Å². The Hall–Kier alpha value is -7.44. The predicted molar refractivity (Wildman–Crippen MR) is 230 cm³/mol. The molecule has 0 atom stereocenters. The van der Waals surface area contributed by atoms with Crippen LogP contribution in [0.5, 0.6) is 0 Å². The maximum Gasteiger partial charge on any atom is 0.147 e. The molecule has 12 aromatic rings. The molecule has 56 heavy (non-hydrogen) atoms. The molecule has 1 N–H and O–H groups in total. The molecular weight excluding hydrogens is 687 g/mol. The van der Waals surface area contributed by atoms with Crippen molar-refractivity contribution in [2.45, 2.75) is 13.8 Å². The summed E-state index contributed by atoms with van der Waals surface area (Å²) >= 11 is 0. The van der Waals surface area contributed by atoms with Gasteiger partial charge < -0.3 is 9.40 Å². The van der Waals surface area contributed by atoms with Crippen molar-refractivity contribution in [3.8, 4) is 34.0 Å². The van der Waals surface area contributed by atoms with Crippen LogP contribution in [-0.4, -0.2) is 24.1 Å². The van der Waals surface area contributed by atoms with Crippen LogP contribution in [0, 0.1) is 13.8 Å². The lowest BCUT2D eigenvalue weighted by Crippen LogP contribution is -1.99. The molecule has 5 aromatic heterocycles. The number of nitrogens with zero attached hydrogens (tertiary/aromatic N) is 4. The molecule has 0 radical (unpaired) electrons. The molecule has 5 heterocycles. The van der Waals surface area contributed by atoms with Crippen LogP contribution >= 0.6 is 0 Å². The van der Waals surface area contributed by atoms with E-state index in [1.54, 1.807) is 0 Å². The summed E-state index contributed by atoms with van der Waals surface area (Å²) < 4.78 is 11.0. The second-order valence-corrected chi connectivity index (χ2v) is 14.9. The van der Waals surface area contributed by atoms with E-state index in [2.05, 4.69) is 155 Å². The highest BCUT2D eigenvalue weighted by Crippen LogP contribution is 2.42. The number of pyridine rings is 1. The van der Waals surface area contributed by atoms with Crippen molar-refractivity contribution in [2.75, 3.05) is 0 Å². The van der Waals surface area contributed by atoms with Crippen LogP contribution in [-0.2, 0) is 0 Å². The number of nitrogens with one attached hydrogen (secondary N) is 1. The summed E-state index contributed by atoms with van der Waals surface area (Å²) in [6.45, 7) is 4.32. The van der Waals surface area contributed by atoms with E-state index in [-0.39, 0.29) is 0 Å². The number of imidazole rings is 1. The number of hydrogen-bond acceptors (Lipinski definition) is 3. The molecule has 0 spiro atoms. The predicted octanol–water partition coefficient (Wildman–Crippen LogP) is 13.0. The quantitative estimate of drug-likeness (QED) is 0.197. The van der Waals surface area contributed by atoms with Gasteiger partial charge in [-0.25, -0.2) is 9.97 Å². The summed E-state index contributed by atoms with van der Waals surface area (Å²) in [6.07, 6.45) is 1.85. The average molecular weight is 720 g/mol. The van der Waals surface area contributed by atoms with Gasteiger partial charge in [0.05, 0.1) is 27.6 Å². The van der Waals surface area contributed by atoms with E-state index in [0.29, 0.717) is 0 Å². The molecule has 0 aliphatic carbocycles. The van der Waals surface area contributed by atoms with Crippen LogP contribution in [0.15, 0.2) is 162 Å². The summed E-state index contributed by atoms with van der Waals surface area (Å²) in [5, 5.41) is 6.92. The third-order valence-electron chi connectivity index (χ3n) is 11.4. The van der Waals surface area contributed by atoms with Crippen LogP contribution in [0.25, 0.3) is 111 Å². The molecule has 0 amide bonds. The number of aromatic amines is 1. The van der Waals surface area contributed by atoms with Gasteiger partial charge in [-0.2, -0.15) is 0 Å². The molecule has 0 aliphatic heterocycles. The first-order valence-corrected chi connectivity index (χ1v) is 19.0. The molecule has 6 heteroatoms. The molecule has 12 rings (SSSR count). The van der Waals surface area contributed by atoms with Crippen molar-refractivity contribution >= 4 is 76.6 Å². The van der Waals surface area contributed by atoms with Gasteiger partial charge >= 0.3 is 0 Å². The average Bonchev–Trinajstić information content (AvgIpc) is 3.98. The Bertz CT molecular complexity index is 3560. The van der Waals surface area contributed by atoms with Gasteiger partial charge in [0.1, 0.15) is 22.8 Å². The number of fused-ring (bicyclic) bond motifs is 10. The lowest BCUT2D eigenvalue weighted by molar-refractivity contribution is 0.669. The summed E-state index contributed by atoms with van der Waals surface area (Å²) in [6, 6.07) is 53.9. The number of rotatable bonds is 4. The molecule has 7 aromatic carbocycles. The van der Waals surface area contributed by atoms with Crippen LogP contribution in [0.1, 0.15) is 11.1 Å². The number of H-pyrrole nitrogens is 1. The lowest BCUT2D eigenvalue weighted by atomic mass is 9.99. The third-order valence-corrected chi connectivity index (χ3v) is 11.4. The molecule has 0 saturated carbocycles. The third kappa shape index (κ3) is 4.44. The van der Waals surface area contributed by atoms with Crippen molar-refractivity contribution in [3.05, 3.63) is 169 Å². The highest BCUT2D eigenvalue weighted by atomic mass is 16.3. The first-order valence-electron chi connectivity index (χ1n) is 19.0. The monoisotopic (exact) mass is 719 g/mol. The molecule has 6 nitrogen and oxygen atoms in total. The fraction of sp³-hybridized carbons (Fsp3) is 0.0400. The summed E-state index contributed by atoms with van der Waals surface area (Å²) in [4.78, 5) is 14.2. The minimum atomic E-state index is 0.854. The SMILES string of the molecule is Cc1cccc(-n2c(-c3cccc4c3[nH]c3ccccc34)nc3c(-c4ccc5c6cc7c(cc6n(-c6ccccn6)c5c4)oc4ccccc47)cc(C)cc32)c1. The van der Waals surface area contributed by atoms with E-state index in [0.717, 1.165) is 105 Å². The Morgan fingerprint density at radius 3 is 2.23 bits per heavy atom. The minimum Gasteiger partial charge on any atom is -0.456 e. The summed E-state index contributed by atoms with van der Waals surface area (Å²) in [5.74, 6) is 1.75. The number of benzene rings is 7. The van der Waals surface area contributed by atoms with Crippen molar-refractivity contribution in [1.29, 1.82) is 0 Å². The topological polar surface area (TPSA) is 64.6 Å². The van der Waals surface area contributed by atoms with Gasteiger partial charge in [-0.3, -0.25) is 9.13 Å². The molecular formula is C50H33N5O. The zero-order chi connectivity index (χ0) is 37.1. The summed E-state index contributed by atoms with van der Waals surface area (Å²) in [7, 11) is 0. The van der Waals surface area contributed by atoms with E-state index in [9.17, 15) is 0 Å². The zero-order valence-corrected chi connectivity index (χ0v) is 30.7.